The van der Waals surface area contributed by atoms with E-state index in [0.29, 0.717) is 17.2 Å². The molecule has 0 spiro atoms. The van der Waals surface area contributed by atoms with Gasteiger partial charge in [0.2, 0.25) is 15.9 Å². The minimum Gasteiger partial charge on any atom is -0.493 e. The summed E-state index contributed by atoms with van der Waals surface area (Å²) in [4.78, 5) is 13.4. The second kappa shape index (κ2) is 8.88. The van der Waals surface area contributed by atoms with Gasteiger partial charge in [-0.1, -0.05) is 30.3 Å². The molecule has 3 aromatic rings. The molecule has 4 rings (SSSR count). The number of hydrogen-bond donors (Lipinski definition) is 2. The molecule has 0 radical (unpaired) electrons. The molecule has 0 atom stereocenters. The van der Waals surface area contributed by atoms with Gasteiger partial charge in [-0.15, -0.1) is 0 Å². The van der Waals surface area contributed by atoms with Gasteiger partial charge in [-0.25, -0.2) is 13.1 Å². The summed E-state index contributed by atoms with van der Waals surface area (Å²) in [5.74, 6) is 1.15. The van der Waals surface area contributed by atoms with Crippen molar-refractivity contribution in [3.63, 3.8) is 0 Å². The van der Waals surface area contributed by atoms with Gasteiger partial charge in [0.1, 0.15) is 0 Å². The number of hydrogen-bond acceptors (Lipinski definition) is 5. The highest BCUT2D eigenvalue weighted by Crippen LogP contribution is 2.50. The minimum absolute atomic E-state index is 0.0673. The average molecular weight is 467 g/mol. The Morgan fingerprint density at radius 3 is 2.18 bits per heavy atom. The number of rotatable bonds is 8. The van der Waals surface area contributed by atoms with E-state index in [-0.39, 0.29) is 10.8 Å². The Balaban J connectivity index is 1.55. The van der Waals surface area contributed by atoms with Crippen LogP contribution in [0.2, 0.25) is 0 Å². The van der Waals surface area contributed by atoms with Crippen LogP contribution in [-0.2, 0) is 20.2 Å². The van der Waals surface area contributed by atoms with Gasteiger partial charge in [-0.05, 0) is 73.0 Å². The van der Waals surface area contributed by atoms with E-state index in [1.165, 1.54) is 7.05 Å². The van der Waals surface area contributed by atoms with Gasteiger partial charge in [0.15, 0.2) is 11.5 Å². The van der Waals surface area contributed by atoms with Gasteiger partial charge in [-0.2, -0.15) is 0 Å². The third-order valence-corrected chi connectivity index (χ3v) is 7.44. The fourth-order valence-corrected chi connectivity index (χ4v) is 4.61. The Bertz CT molecular complexity index is 1280. The fraction of sp³-hybridized carbons (Fsp3) is 0.240. The molecular weight excluding hydrogens is 440 g/mol. The zero-order valence-corrected chi connectivity index (χ0v) is 19.5. The van der Waals surface area contributed by atoms with Crippen molar-refractivity contribution in [1.82, 2.24) is 4.72 Å². The van der Waals surface area contributed by atoms with Crippen LogP contribution in [0.4, 0.5) is 5.69 Å². The Morgan fingerprint density at radius 2 is 1.58 bits per heavy atom. The third kappa shape index (κ3) is 4.44. The number of sulfonamides is 1. The summed E-state index contributed by atoms with van der Waals surface area (Å²) in [7, 11) is 1.05. The zero-order valence-electron chi connectivity index (χ0n) is 18.7. The first-order valence-corrected chi connectivity index (χ1v) is 12.0. The van der Waals surface area contributed by atoms with Crippen LogP contribution in [0.1, 0.15) is 18.4 Å². The first kappa shape index (κ1) is 22.8. The molecule has 0 saturated heterocycles. The van der Waals surface area contributed by atoms with Crippen molar-refractivity contribution < 1.29 is 22.7 Å². The van der Waals surface area contributed by atoms with E-state index < -0.39 is 15.4 Å². The summed E-state index contributed by atoms with van der Waals surface area (Å²) in [5, 5.41) is 3.05. The van der Waals surface area contributed by atoms with Gasteiger partial charge in [0.25, 0.3) is 0 Å². The molecule has 2 N–H and O–H groups in total. The molecule has 172 valence electrons. The quantitative estimate of drug-likeness (QED) is 0.524. The Labute approximate surface area is 193 Å². The van der Waals surface area contributed by atoms with Crippen molar-refractivity contribution in [1.29, 1.82) is 0 Å². The number of ether oxygens (including phenoxy) is 2. The molecular formula is C25H26N2O5S. The van der Waals surface area contributed by atoms with Gasteiger partial charge >= 0.3 is 0 Å². The highest BCUT2D eigenvalue weighted by atomic mass is 32.2. The second-order valence-electron chi connectivity index (χ2n) is 7.92. The molecule has 0 heterocycles. The summed E-state index contributed by atoms with van der Waals surface area (Å²) < 4.78 is 36.9. The van der Waals surface area contributed by atoms with Gasteiger partial charge in [-0.3, -0.25) is 4.79 Å². The molecule has 1 aliphatic rings. The molecule has 1 amide bonds. The summed E-state index contributed by atoms with van der Waals surface area (Å²) in [6, 6.07) is 19.7. The van der Waals surface area contributed by atoms with Crippen LogP contribution in [0, 0.1) is 0 Å². The number of nitrogens with one attached hydrogen (secondary N) is 2. The van der Waals surface area contributed by atoms with Gasteiger partial charge in [0, 0.05) is 5.69 Å². The molecule has 7 nitrogen and oxygen atoms in total. The predicted octanol–water partition coefficient (Wildman–Crippen LogP) is 3.95. The third-order valence-electron chi connectivity index (χ3n) is 6.01. The van der Waals surface area contributed by atoms with Crippen molar-refractivity contribution in [2.24, 2.45) is 0 Å². The highest BCUT2D eigenvalue weighted by molar-refractivity contribution is 7.89. The molecule has 1 fully saturated rings. The molecule has 0 aliphatic heterocycles. The lowest BCUT2D eigenvalue weighted by atomic mass is 9.94. The largest absolute Gasteiger partial charge is 0.493 e. The van der Waals surface area contributed by atoms with E-state index >= 15 is 0 Å². The van der Waals surface area contributed by atoms with Crippen LogP contribution in [0.25, 0.3) is 11.1 Å². The number of carbonyl (C=O) groups is 1. The van der Waals surface area contributed by atoms with Crippen molar-refractivity contribution >= 4 is 21.6 Å². The van der Waals surface area contributed by atoms with E-state index in [1.54, 1.807) is 38.5 Å². The summed E-state index contributed by atoms with van der Waals surface area (Å²) >= 11 is 0. The average Bonchev–Trinajstić information content (AvgIpc) is 3.66. The van der Waals surface area contributed by atoms with Gasteiger partial charge < -0.3 is 14.8 Å². The topological polar surface area (TPSA) is 93.7 Å². The SMILES string of the molecule is CNS(=O)(=O)c1ccc(-c2cccc(NC(=O)C3(c4ccc(OC)c(OC)c4)CC3)c2)cc1. The van der Waals surface area contributed by atoms with Crippen molar-refractivity contribution in [2.75, 3.05) is 26.6 Å². The maximum Gasteiger partial charge on any atom is 0.240 e. The number of methoxy groups -OCH3 is 2. The Morgan fingerprint density at radius 1 is 0.879 bits per heavy atom. The van der Waals surface area contributed by atoms with Crippen molar-refractivity contribution in [3.8, 4) is 22.6 Å². The predicted molar refractivity (Wildman–Crippen MR) is 127 cm³/mol. The number of carbonyl (C=O) groups excluding carboxylic acids is 1. The van der Waals surface area contributed by atoms with Crippen LogP contribution < -0.4 is 19.5 Å². The van der Waals surface area contributed by atoms with Crippen molar-refractivity contribution in [2.45, 2.75) is 23.2 Å². The minimum atomic E-state index is -3.49. The first-order chi connectivity index (χ1) is 15.8. The maximum absolute atomic E-state index is 13.2. The molecule has 0 bridgehead atoms. The molecule has 3 aromatic carbocycles. The standard InChI is InChI=1S/C25H26N2O5S/c1-26-33(29,30)21-10-7-17(8-11-21)18-5-4-6-20(15-18)27-24(28)25(13-14-25)19-9-12-22(31-2)23(16-19)32-3/h4-12,15-16,26H,13-14H2,1-3H3,(H,27,28). The van der Waals surface area contributed by atoms with Crippen LogP contribution in [0.3, 0.4) is 0 Å². The highest BCUT2D eigenvalue weighted by Gasteiger charge is 2.51. The van der Waals surface area contributed by atoms with Gasteiger partial charge in [0.05, 0.1) is 24.5 Å². The van der Waals surface area contributed by atoms with E-state index in [0.717, 1.165) is 29.5 Å². The monoisotopic (exact) mass is 466 g/mol. The summed E-state index contributed by atoms with van der Waals surface area (Å²) in [6.07, 6.45) is 1.52. The van der Waals surface area contributed by atoms with E-state index in [1.807, 2.05) is 42.5 Å². The van der Waals surface area contributed by atoms with Crippen LogP contribution >= 0.6 is 0 Å². The van der Waals surface area contributed by atoms with E-state index in [9.17, 15) is 13.2 Å². The lowest BCUT2D eigenvalue weighted by Crippen LogP contribution is -2.27. The van der Waals surface area contributed by atoms with E-state index in [2.05, 4.69) is 10.0 Å². The molecule has 1 aliphatic carbocycles. The number of benzene rings is 3. The zero-order chi connectivity index (χ0) is 23.6. The van der Waals surface area contributed by atoms with Crippen LogP contribution in [0.15, 0.2) is 71.6 Å². The molecule has 0 unspecified atom stereocenters. The fourth-order valence-electron chi connectivity index (χ4n) is 3.88. The van der Waals surface area contributed by atoms with Crippen molar-refractivity contribution in [3.05, 3.63) is 72.3 Å². The summed E-state index contributed by atoms with van der Waals surface area (Å²) in [6.45, 7) is 0. The number of amides is 1. The smallest absolute Gasteiger partial charge is 0.240 e. The summed E-state index contributed by atoms with van der Waals surface area (Å²) in [5.41, 5.74) is 2.71. The number of anilines is 1. The normalized spacial score (nSPS) is 14.4. The van der Waals surface area contributed by atoms with Crippen LogP contribution in [-0.4, -0.2) is 35.6 Å². The Kier molecular flexibility index (Phi) is 6.14. The van der Waals surface area contributed by atoms with Crippen LogP contribution in [0.5, 0.6) is 11.5 Å². The lowest BCUT2D eigenvalue weighted by Gasteiger charge is -2.18. The molecule has 8 heteroatoms. The maximum atomic E-state index is 13.2. The van der Waals surface area contributed by atoms with E-state index in [4.69, 9.17) is 9.47 Å². The molecule has 1 saturated carbocycles. The second-order valence-corrected chi connectivity index (χ2v) is 9.81. The molecule has 0 aromatic heterocycles. The Hall–Kier alpha value is -3.36. The first-order valence-electron chi connectivity index (χ1n) is 10.5. The molecule has 33 heavy (non-hydrogen) atoms. The lowest BCUT2D eigenvalue weighted by molar-refractivity contribution is -0.118.